The van der Waals surface area contributed by atoms with Gasteiger partial charge in [-0.25, -0.2) is 0 Å². The summed E-state index contributed by atoms with van der Waals surface area (Å²) in [7, 11) is 2.90. The Balaban J connectivity index is 2.12. The van der Waals surface area contributed by atoms with Gasteiger partial charge in [-0.15, -0.1) is 0 Å². The van der Waals surface area contributed by atoms with Gasteiger partial charge in [0.15, 0.2) is 11.5 Å². The van der Waals surface area contributed by atoms with E-state index in [2.05, 4.69) is 15.3 Å². The minimum atomic E-state index is -0.747. The highest BCUT2D eigenvalue weighted by atomic mass is 16.5. The molecule has 0 radical (unpaired) electrons. The molecule has 8 heteroatoms. The molecule has 1 amide bonds. The average molecular weight is 341 g/mol. The Morgan fingerprint density at radius 3 is 2.60 bits per heavy atom. The number of H-pyrrole nitrogens is 1. The first kappa shape index (κ1) is 16.3. The zero-order valence-corrected chi connectivity index (χ0v) is 13.5. The van der Waals surface area contributed by atoms with Gasteiger partial charge >= 0.3 is 0 Å². The van der Waals surface area contributed by atoms with Crippen molar-refractivity contribution in [1.29, 1.82) is 0 Å². The summed E-state index contributed by atoms with van der Waals surface area (Å²) in [6.07, 6.45) is 2.98. The fourth-order valence-corrected chi connectivity index (χ4v) is 2.45. The Morgan fingerprint density at radius 2 is 1.96 bits per heavy atom. The van der Waals surface area contributed by atoms with Crippen molar-refractivity contribution in [2.24, 2.45) is 0 Å². The number of pyridine rings is 2. The second-order valence-corrected chi connectivity index (χ2v) is 5.13. The lowest BCUT2D eigenvalue weighted by Crippen LogP contribution is -2.23. The highest BCUT2D eigenvalue weighted by Gasteiger charge is 2.21. The summed E-state index contributed by atoms with van der Waals surface area (Å²) in [5, 5.41) is 13.2. The number of ether oxygens (including phenoxy) is 2. The van der Waals surface area contributed by atoms with Crippen LogP contribution in [-0.4, -0.2) is 35.2 Å². The van der Waals surface area contributed by atoms with Crippen LogP contribution in [0.25, 0.3) is 10.9 Å². The van der Waals surface area contributed by atoms with Crippen LogP contribution in [0.4, 0.5) is 5.69 Å². The standard InChI is InChI=1S/C17H15N3O5/c1-24-12-6-10-11(7-13(12)25-2)20-17(23)14(15(10)21)16(22)19-9-4-3-5-18-8-9/h3-8H,1-2H3,(H,19,22)(H2,20,21,23). The molecule has 3 rings (SSSR count). The topological polar surface area (TPSA) is 114 Å². The predicted octanol–water partition coefficient (Wildman–Crippen LogP) is 1.90. The van der Waals surface area contributed by atoms with Crippen molar-refractivity contribution < 1.29 is 19.4 Å². The van der Waals surface area contributed by atoms with Gasteiger partial charge in [-0.3, -0.25) is 14.6 Å². The number of aromatic amines is 1. The van der Waals surface area contributed by atoms with Crippen molar-refractivity contribution in [1.82, 2.24) is 9.97 Å². The zero-order valence-electron chi connectivity index (χ0n) is 13.5. The Morgan fingerprint density at radius 1 is 1.24 bits per heavy atom. The molecular formula is C17H15N3O5. The van der Waals surface area contributed by atoms with Crippen molar-refractivity contribution in [3.05, 3.63) is 52.6 Å². The van der Waals surface area contributed by atoms with Crippen LogP contribution < -0.4 is 20.3 Å². The van der Waals surface area contributed by atoms with E-state index < -0.39 is 22.8 Å². The molecule has 2 aromatic heterocycles. The molecule has 0 bridgehead atoms. The van der Waals surface area contributed by atoms with E-state index in [1.165, 1.54) is 32.5 Å². The van der Waals surface area contributed by atoms with Gasteiger partial charge in [-0.05, 0) is 18.2 Å². The lowest BCUT2D eigenvalue weighted by atomic mass is 10.1. The second-order valence-electron chi connectivity index (χ2n) is 5.13. The normalized spacial score (nSPS) is 10.5. The number of aromatic hydroxyl groups is 1. The number of hydrogen-bond acceptors (Lipinski definition) is 6. The summed E-state index contributed by atoms with van der Waals surface area (Å²) >= 11 is 0. The van der Waals surface area contributed by atoms with E-state index in [-0.39, 0.29) is 5.39 Å². The fraction of sp³-hybridized carbons (Fsp3) is 0.118. The summed E-state index contributed by atoms with van der Waals surface area (Å²) in [5.41, 5.74) is -0.404. The maximum atomic E-state index is 12.4. The maximum Gasteiger partial charge on any atom is 0.265 e. The minimum absolute atomic E-state index is 0.258. The molecule has 0 aliphatic rings. The molecule has 3 aromatic rings. The number of benzene rings is 1. The summed E-state index contributed by atoms with van der Waals surface area (Å²) < 4.78 is 10.4. The van der Waals surface area contributed by atoms with Gasteiger partial charge in [-0.1, -0.05) is 0 Å². The van der Waals surface area contributed by atoms with E-state index in [4.69, 9.17) is 9.47 Å². The Kier molecular flexibility index (Phi) is 4.25. The molecule has 0 saturated heterocycles. The highest BCUT2D eigenvalue weighted by Crippen LogP contribution is 2.35. The molecule has 0 fully saturated rings. The van der Waals surface area contributed by atoms with E-state index in [1.807, 2.05) is 0 Å². The van der Waals surface area contributed by atoms with Gasteiger partial charge in [-0.2, -0.15) is 0 Å². The Bertz CT molecular complexity index is 999. The Hall–Kier alpha value is -3.55. The fourth-order valence-electron chi connectivity index (χ4n) is 2.45. The maximum absolute atomic E-state index is 12.4. The zero-order chi connectivity index (χ0) is 18.0. The van der Waals surface area contributed by atoms with Gasteiger partial charge < -0.3 is 24.9 Å². The third-order valence-electron chi connectivity index (χ3n) is 3.64. The van der Waals surface area contributed by atoms with E-state index in [9.17, 15) is 14.7 Å². The van der Waals surface area contributed by atoms with Crippen LogP contribution in [0, 0.1) is 0 Å². The van der Waals surface area contributed by atoms with Crippen LogP contribution in [0.2, 0.25) is 0 Å². The number of carbonyl (C=O) groups excluding carboxylic acids is 1. The Labute approximate surface area is 142 Å². The van der Waals surface area contributed by atoms with Crippen LogP contribution in [0.1, 0.15) is 10.4 Å². The quantitative estimate of drug-likeness (QED) is 0.668. The van der Waals surface area contributed by atoms with E-state index in [0.717, 1.165) is 0 Å². The van der Waals surface area contributed by atoms with Gasteiger partial charge in [0.1, 0.15) is 11.3 Å². The van der Waals surface area contributed by atoms with Gasteiger partial charge in [0, 0.05) is 17.6 Å². The van der Waals surface area contributed by atoms with Crippen molar-refractivity contribution in [3.8, 4) is 17.2 Å². The van der Waals surface area contributed by atoms with Crippen LogP contribution >= 0.6 is 0 Å². The average Bonchev–Trinajstić information content (AvgIpc) is 2.61. The van der Waals surface area contributed by atoms with Crippen molar-refractivity contribution >= 4 is 22.5 Å². The first-order chi connectivity index (χ1) is 12.0. The van der Waals surface area contributed by atoms with Crippen LogP contribution in [0.5, 0.6) is 17.2 Å². The predicted molar refractivity (Wildman–Crippen MR) is 91.5 cm³/mol. The largest absolute Gasteiger partial charge is 0.506 e. The van der Waals surface area contributed by atoms with Crippen LogP contribution in [0.15, 0.2) is 41.5 Å². The number of methoxy groups -OCH3 is 2. The number of carbonyl (C=O) groups is 1. The molecule has 25 heavy (non-hydrogen) atoms. The number of anilines is 1. The van der Waals surface area contributed by atoms with E-state index in [1.54, 1.807) is 18.3 Å². The molecule has 0 spiro atoms. The number of nitrogens with zero attached hydrogens (tertiary/aromatic N) is 1. The second kappa shape index (κ2) is 6.52. The number of nitrogens with one attached hydrogen (secondary N) is 2. The SMILES string of the molecule is COc1cc2[nH]c(=O)c(C(=O)Nc3cccnc3)c(O)c2cc1OC. The molecule has 128 valence electrons. The summed E-state index contributed by atoms with van der Waals surface area (Å²) in [6, 6.07) is 6.25. The van der Waals surface area contributed by atoms with Crippen molar-refractivity contribution in [2.75, 3.05) is 19.5 Å². The molecular weight excluding hydrogens is 326 g/mol. The third-order valence-corrected chi connectivity index (χ3v) is 3.64. The third kappa shape index (κ3) is 2.97. The molecule has 0 aliphatic heterocycles. The number of aromatic nitrogens is 2. The molecule has 0 saturated carbocycles. The number of hydrogen-bond donors (Lipinski definition) is 3. The lowest BCUT2D eigenvalue weighted by Gasteiger charge is -2.12. The van der Waals surface area contributed by atoms with E-state index >= 15 is 0 Å². The van der Waals surface area contributed by atoms with E-state index in [0.29, 0.717) is 22.7 Å². The summed E-state index contributed by atoms with van der Waals surface area (Å²) in [4.78, 5) is 31.1. The summed E-state index contributed by atoms with van der Waals surface area (Å²) in [5.74, 6) is -0.446. The molecule has 3 N–H and O–H groups in total. The molecule has 1 aromatic carbocycles. The molecule has 0 unspecified atom stereocenters. The highest BCUT2D eigenvalue weighted by molar-refractivity contribution is 6.09. The smallest absolute Gasteiger partial charge is 0.265 e. The first-order valence-electron chi connectivity index (χ1n) is 7.27. The molecule has 0 atom stereocenters. The first-order valence-corrected chi connectivity index (χ1v) is 7.27. The van der Waals surface area contributed by atoms with Crippen molar-refractivity contribution in [2.45, 2.75) is 0 Å². The lowest BCUT2D eigenvalue weighted by molar-refractivity contribution is 0.102. The van der Waals surface area contributed by atoms with Gasteiger partial charge in [0.25, 0.3) is 11.5 Å². The number of fused-ring (bicyclic) bond motifs is 1. The van der Waals surface area contributed by atoms with Gasteiger partial charge in [0.05, 0.1) is 31.6 Å². The van der Waals surface area contributed by atoms with Crippen molar-refractivity contribution in [3.63, 3.8) is 0 Å². The monoisotopic (exact) mass is 341 g/mol. The summed E-state index contributed by atoms with van der Waals surface area (Å²) in [6.45, 7) is 0. The number of amides is 1. The van der Waals surface area contributed by atoms with Crippen LogP contribution in [-0.2, 0) is 0 Å². The minimum Gasteiger partial charge on any atom is -0.506 e. The molecule has 8 nitrogen and oxygen atoms in total. The van der Waals surface area contributed by atoms with Gasteiger partial charge in [0.2, 0.25) is 0 Å². The number of rotatable bonds is 4. The van der Waals surface area contributed by atoms with Crippen LogP contribution in [0.3, 0.4) is 0 Å². The molecule has 2 heterocycles. The molecule has 0 aliphatic carbocycles.